The Morgan fingerprint density at radius 1 is 1.46 bits per heavy atom. The number of benzene rings is 1. The zero-order valence-corrected chi connectivity index (χ0v) is 7.87. The van der Waals surface area contributed by atoms with Crippen LogP contribution in [0, 0.1) is 11.8 Å². The van der Waals surface area contributed by atoms with Crippen molar-refractivity contribution in [1.29, 1.82) is 0 Å². The van der Waals surface area contributed by atoms with E-state index >= 15 is 0 Å². The second-order valence-corrected chi connectivity index (χ2v) is 2.79. The van der Waals surface area contributed by atoms with Crippen molar-refractivity contribution in [2.45, 2.75) is 13.0 Å². The molecular formula is C11H13NO. The lowest BCUT2D eigenvalue weighted by Gasteiger charge is -1.98. The van der Waals surface area contributed by atoms with Crippen molar-refractivity contribution in [3.8, 4) is 17.6 Å². The summed E-state index contributed by atoms with van der Waals surface area (Å²) in [6, 6.07) is 7.51. The lowest BCUT2D eigenvalue weighted by Crippen LogP contribution is -2.10. The van der Waals surface area contributed by atoms with E-state index in [2.05, 4.69) is 11.8 Å². The third kappa shape index (κ3) is 3.18. The summed E-state index contributed by atoms with van der Waals surface area (Å²) < 4.78 is 5.06. The molecule has 0 heterocycles. The molecule has 1 aromatic rings. The Morgan fingerprint density at radius 3 is 2.85 bits per heavy atom. The van der Waals surface area contributed by atoms with Crippen LogP contribution in [-0.4, -0.2) is 13.2 Å². The first-order chi connectivity index (χ1) is 6.22. The van der Waals surface area contributed by atoms with E-state index in [9.17, 15) is 0 Å². The normalized spacial score (nSPS) is 11.3. The molecule has 1 aromatic carbocycles. The number of hydrogen-bond acceptors (Lipinski definition) is 2. The van der Waals surface area contributed by atoms with Gasteiger partial charge in [0.25, 0.3) is 0 Å². The second-order valence-electron chi connectivity index (χ2n) is 2.79. The first kappa shape index (κ1) is 9.63. The van der Waals surface area contributed by atoms with E-state index < -0.39 is 0 Å². The third-order valence-corrected chi connectivity index (χ3v) is 1.51. The molecule has 0 fully saturated rings. The van der Waals surface area contributed by atoms with Gasteiger partial charge in [-0.2, -0.15) is 0 Å². The molecule has 1 unspecified atom stereocenters. The molecule has 0 aliphatic heterocycles. The van der Waals surface area contributed by atoms with Crippen LogP contribution in [0.3, 0.4) is 0 Å². The molecule has 0 saturated carbocycles. The molecule has 2 nitrogen and oxygen atoms in total. The van der Waals surface area contributed by atoms with Crippen LogP contribution in [0.5, 0.6) is 5.75 Å². The fraction of sp³-hybridized carbons (Fsp3) is 0.273. The topological polar surface area (TPSA) is 35.2 Å². The summed E-state index contributed by atoms with van der Waals surface area (Å²) in [6.45, 7) is 1.85. The molecule has 0 spiro atoms. The monoisotopic (exact) mass is 175 g/mol. The number of nitrogens with two attached hydrogens (primary N) is 1. The zero-order chi connectivity index (χ0) is 9.68. The highest BCUT2D eigenvalue weighted by atomic mass is 16.5. The molecule has 0 radical (unpaired) electrons. The highest BCUT2D eigenvalue weighted by molar-refractivity contribution is 5.40. The van der Waals surface area contributed by atoms with E-state index in [1.807, 2.05) is 31.2 Å². The summed E-state index contributed by atoms with van der Waals surface area (Å²) in [5, 5.41) is 0. The van der Waals surface area contributed by atoms with Crippen molar-refractivity contribution in [2.24, 2.45) is 5.73 Å². The average molecular weight is 175 g/mol. The van der Waals surface area contributed by atoms with Gasteiger partial charge < -0.3 is 10.5 Å². The van der Waals surface area contributed by atoms with Crippen molar-refractivity contribution in [3.63, 3.8) is 0 Å². The van der Waals surface area contributed by atoms with Gasteiger partial charge in [0.15, 0.2) is 0 Å². The number of ether oxygens (including phenoxy) is 1. The van der Waals surface area contributed by atoms with Crippen molar-refractivity contribution in [2.75, 3.05) is 7.11 Å². The summed E-state index contributed by atoms with van der Waals surface area (Å²) >= 11 is 0. The number of methoxy groups -OCH3 is 1. The molecular weight excluding hydrogens is 162 g/mol. The van der Waals surface area contributed by atoms with Gasteiger partial charge in [-0.05, 0) is 25.1 Å². The van der Waals surface area contributed by atoms with Crippen LogP contribution in [-0.2, 0) is 0 Å². The van der Waals surface area contributed by atoms with E-state index in [4.69, 9.17) is 10.5 Å². The van der Waals surface area contributed by atoms with Gasteiger partial charge in [0.05, 0.1) is 13.2 Å². The Hall–Kier alpha value is -1.46. The van der Waals surface area contributed by atoms with Crippen molar-refractivity contribution < 1.29 is 4.74 Å². The van der Waals surface area contributed by atoms with E-state index in [1.54, 1.807) is 7.11 Å². The van der Waals surface area contributed by atoms with E-state index in [0.717, 1.165) is 11.3 Å². The van der Waals surface area contributed by atoms with Crippen LogP contribution in [0.15, 0.2) is 24.3 Å². The highest BCUT2D eigenvalue weighted by Gasteiger charge is 1.91. The van der Waals surface area contributed by atoms with E-state index in [0.29, 0.717) is 0 Å². The van der Waals surface area contributed by atoms with Crippen LogP contribution in [0.25, 0.3) is 0 Å². The van der Waals surface area contributed by atoms with Crippen LogP contribution in [0.1, 0.15) is 12.5 Å². The van der Waals surface area contributed by atoms with Crippen molar-refractivity contribution in [3.05, 3.63) is 29.8 Å². The molecule has 0 aliphatic rings. The predicted octanol–water partition coefficient (Wildman–Crippen LogP) is 1.39. The van der Waals surface area contributed by atoms with E-state index in [1.165, 1.54) is 0 Å². The quantitative estimate of drug-likeness (QED) is 0.655. The zero-order valence-electron chi connectivity index (χ0n) is 7.87. The molecule has 0 aliphatic carbocycles. The van der Waals surface area contributed by atoms with Crippen molar-refractivity contribution in [1.82, 2.24) is 0 Å². The Kier molecular flexibility index (Phi) is 3.36. The van der Waals surface area contributed by atoms with Crippen LogP contribution in [0.4, 0.5) is 0 Å². The number of rotatable bonds is 1. The minimum Gasteiger partial charge on any atom is -0.497 e. The maximum atomic E-state index is 5.51. The SMILES string of the molecule is COc1cccc(C#CC(C)N)c1. The molecule has 13 heavy (non-hydrogen) atoms. The third-order valence-electron chi connectivity index (χ3n) is 1.51. The van der Waals surface area contributed by atoms with E-state index in [-0.39, 0.29) is 6.04 Å². The maximum absolute atomic E-state index is 5.51. The lowest BCUT2D eigenvalue weighted by atomic mass is 10.2. The van der Waals surface area contributed by atoms with Gasteiger partial charge in [0.1, 0.15) is 5.75 Å². The first-order valence-electron chi connectivity index (χ1n) is 4.13. The minimum atomic E-state index is -0.0915. The van der Waals surface area contributed by atoms with Crippen LogP contribution in [0.2, 0.25) is 0 Å². The molecule has 0 amide bonds. The van der Waals surface area contributed by atoms with Crippen LogP contribution < -0.4 is 10.5 Å². The molecule has 2 heteroatoms. The summed E-state index contributed by atoms with van der Waals surface area (Å²) in [7, 11) is 1.64. The maximum Gasteiger partial charge on any atom is 0.120 e. The number of hydrogen-bond donors (Lipinski definition) is 1. The van der Waals surface area contributed by atoms with Crippen LogP contribution >= 0.6 is 0 Å². The molecule has 1 rings (SSSR count). The molecule has 0 bridgehead atoms. The fourth-order valence-electron chi connectivity index (χ4n) is 0.898. The summed E-state index contributed by atoms with van der Waals surface area (Å²) in [6.07, 6.45) is 0. The Bertz CT molecular complexity index is 333. The summed E-state index contributed by atoms with van der Waals surface area (Å²) in [5.41, 5.74) is 6.43. The van der Waals surface area contributed by atoms with Gasteiger partial charge >= 0.3 is 0 Å². The molecule has 68 valence electrons. The predicted molar refractivity (Wildman–Crippen MR) is 53.5 cm³/mol. The largest absolute Gasteiger partial charge is 0.497 e. The van der Waals surface area contributed by atoms with Gasteiger partial charge in [-0.1, -0.05) is 17.9 Å². The van der Waals surface area contributed by atoms with Gasteiger partial charge in [0, 0.05) is 5.56 Å². The first-order valence-corrected chi connectivity index (χ1v) is 4.13. The lowest BCUT2D eigenvalue weighted by molar-refractivity contribution is 0.414. The molecule has 0 aromatic heterocycles. The highest BCUT2D eigenvalue weighted by Crippen LogP contribution is 2.11. The van der Waals surface area contributed by atoms with Gasteiger partial charge in [-0.3, -0.25) is 0 Å². The summed E-state index contributed by atoms with van der Waals surface area (Å²) in [5.74, 6) is 6.67. The standard InChI is InChI=1S/C11H13NO/c1-9(12)6-7-10-4-3-5-11(8-10)13-2/h3-5,8-9H,12H2,1-2H3. The average Bonchev–Trinajstić information content (AvgIpc) is 2.15. The molecule has 1 atom stereocenters. The molecule has 2 N–H and O–H groups in total. The fourth-order valence-corrected chi connectivity index (χ4v) is 0.898. The minimum absolute atomic E-state index is 0.0915. The van der Waals surface area contributed by atoms with Crippen molar-refractivity contribution >= 4 is 0 Å². The second kappa shape index (κ2) is 4.54. The summed E-state index contributed by atoms with van der Waals surface area (Å²) in [4.78, 5) is 0. The van der Waals surface area contributed by atoms with Gasteiger partial charge in [-0.25, -0.2) is 0 Å². The Labute approximate surface area is 78.7 Å². The van der Waals surface area contributed by atoms with Gasteiger partial charge in [-0.15, -0.1) is 0 Å². The van der Waals surface area contributed by atoms with Gasteiger partial charge in [0.2, 0.25) is 0 Å². The molecule has 0 saturated heterocycles. The Morgan fingerprint density at radius 2 is 2.23 bits per heavy atom. The Balaban J connectivity index is 2.85. The smallest absolute Gasteiger partial charge is 0.120 e.